The maximum Gasteiger partial charge on any atom is 0.184 e. The summed E-state index contributed by atoms with van der Waals surface area (Å²) in [6.45, 7) is 1.80. The summed E-state index contributed by atoms with van der Waals surface area (Å²) in [5, 5.41) is 9.67. The molecule has 0 aliphatic heterocycles. The molecule has 1 rings (SSSR count). The van der Waals surface area contributed by atoms with Gasteiger partial charge >= 0.3 is 0 Å². The van der Waals surface area contributed by atoms with Crippen molar-refractivity contribution in [1.82, 2.24) is 0 Å². The number of hydrogen-bond donors (Lipinski definition) is 1. The van der Waals surface area contributed by atoms with E-state index in [1.165, 1.54) is 12.5 Å². The molecule has 0 spiro atoms. The summed E-state index contributed by atoms with van der Waals surface area (Å²) >= 11 is 0. The topological polar surface area (TPSA) is 37.3 Å². The van der Waals surface area contributed by atoms with E-state index in [0.29, 0.717) is 0 Å². The Morgan fingerprint density at radius 2 is 2.00 bits per heavy atom. The summed E-state index contributed by atoms with van der Waals surface area (Å²) < 4.78 is 0. The van der Waals surface area contributed by atoms with E-state index < -0.39 is 6.10 Å². The van der Waals surface area contributed by atoms with Crippen LogP contribution in [0.1, 0.15) is 39.0 Å². The summed E-state index contributed by atoms with van der Waals surface area (Å²) in [5.74, 6) is 0.0758. The number of ketones is 1. The fourth-order valence-corrected chi connectivity index (χ4v) is 1.95. The molecule has 0 aromatic rings. The van der Waals surface area contributed by atoms with Gasteiger partial charge in [-0.3, -0.25) is 4.79 Å². The Bertz CT molecular complexity index is 190. The van der Waals surface area contributed by atoms with E-state index in [4.69, 9.17) is 0 Å². The Balaban J connectivity index is 2.44. The summed E-state index contributed by atoms with van der Waals surface area (Å²) in [6, 6.07) is 0. The Kier molecular flexibility index (Phi) is 4.16. The molecule has 0 heterocycles. The van der Waals surface area contributed by atoms with Crippen LogP contribution in [0.5, 0.6) is 0 Å². The molecule has 0 saturated heterocycles. The molecule has 0 aromatic carbocycles. The molecule has 0 radical (unpaired) electrons. The van der Waals surface area contributed by atoms with E-state index >= 15 is 0 Å². The number of aliphatic hydroxyl groups is 1. The number of aliphatic hydroxyl groups excluding tert-OH is 1. The summed E-state index contributed by atoms with van der Waals surface area (Å²) in [7, 11) is 0. The van der Waals surface area contributed by atoms with Crippen LogP contribution >= 0.6 is 0 Å². The number of rotatable bonds is 3. The molecule has 0 amide bonds. The van der Waals surface area contributed by atoms with Crippen LogP contribution < -0.4 is 0 Å². The van der Waals surface area contributed by atoms with Gasteiger partial charge < -0.3 is 5.11 Å². The highest BCUT2D eigenvalue weighted by atomic mass is 16.3. The predicted octanol–water partition coefficient (Wildman–Crippen LogP) is 2.07. The van der Waals surface area contributed by atoms with Gasteiger partial charge in [0, 0.05) is 0 Å². The lowest BCUT2D eigenvalue weighted by Crippen LogP contribution is -2.29. The van der Waals surface area contributed by atoms with Crippen LogP contribution in [-0.4, -0.2) is 17.0 Å². The van der Waals surface area contributed by atoms with Crippen LogP contribution in [0.15, 0.2) is 12.2 Å². The minimum atomic E-state index is -0.753. The minimum Gasteiger partial charge on any atom is -0.385 e. The van der Waals surface area contributed by atoms with E-state index in [9.17, 15) is 9.90 Å². The summed E-state index contributed by atoms with van der Waals surface area (Å²) in [4.78, 5) is 11.3. The number of hydrogen-bond acceptors (Lipinski definition) is 2. The standard InChI is InChI=1S/C11H18O2/c1-2-6-10(12)11(13)9-7-4-3-5-8-9/h2,6,9,11,13H,3-5,7-8H2,1H3/b6-2+/t11-/m0/s1. The third-order valence-electron chi connectivity index (χ3n) is 2.72. The Morgan fingerprint density at radius 3 is 2.54 bits per heavy atom. The first-order valence-corrected chi connectivity index (χ1v) is 5.10. The minimum absolute atomic E-state index is 0.130. The van der Waals surface area contributed by atoms with Crippen molar-refractivity contribution in [3.63, 3.8) is 0 Å². The van der Waals surface area contributed by atoms with E-state index in [1.807, 2.05) is 0 Å². The highest BCUT2D eigenvalue weighted by Gasteiger charge is 2.25. The number of carbonyl (C=O) groups is 1. The van der Waals surface area contributed by atoms with Crippen LogP contribution in [0.4, 0.5) is 0 Å². The average molecular weight is 182 g/mol. The first-order valence-electron chi connectivity index (χ1n) is 5.10. The highest BCUT2D eigenvalue weighted by Crippen LogP contribution is 2.26. The fourth-order valence-electron chi connectivity index (χ4n) is 1.95. The van der Waals surface area contributed by atoms with Gasteiger partial charge in [-0.05, 0) is 31.8 Å². The number of carbonyl (C=O) groups excluding carboxylic acids is 1. The molecule has 0 unspecified atom stereocenters. The van der Waals surface area contributed by atoms with Gasteiger partial charge in [0.05, 0.1) is 0 Å². The molecule has 1 saturated carbocycles. The Morgan fingerprint density at radius 1 is 1.38 bits per heavy atom. The third kappa shape index (κ3) is 2.96. The van der Waals surface area contributed by atoms with Crippen molar-refractivity contribution < 1.29 is 9.90 Å². The zero-order valence-corrected chi connectivity index (χ0v) is 8.20. The zero-order chi connectivity index (χ0) is 9.68. The molecule has 0 bridgehead atoms. The van der Waals surface area contributed by atoms with Crippen LogP contribution in [0.25, 0.3) is 0 Å². The van der Waals surface area contributed by atoms with Gasteiger partial charge in [-0.2, -0.15) is 0 Å². The maximum atomic E-state index is 11.3. The van der Waals surface area contributed by atoms with Gasteiger partial charge in [0.1, 0.15) is 6.10 Å². The molecule has 2 heteroatoms. The van der Waals surface area contributed by atoms with Gasteiger partial charge in [0.15, 0.2) is 5.78 Å². The Labute approximate surface area is 79.6 Å². The zero-order valence-electron chi connectivity index (χ0n) is 8.20. The first-order chi connectivity index (χ1) is 6.25. The van der Waals surface area contributed by atoms with Crippen LogP contribution in [0, 0.1) is 5.92 Å². The monoisotopic (exact) mass is 182 g/mol. The largest absolute Gasteiger partial charge is 0.385 e. The first kappa shape index (κ1) is 10.5. The third-order valence-corrected chi connectivity index (χ3v) is 2.72. The highest BCUT2D eigenvalue weighted by molar-refractivity contribution is 5.93. The fraction of sp³-hybridized carbons (Fsp3) is 0.727. The molecule has 1 fully saturated rings. The molecular weight excluding hydrogens is 164 g/mol. The second-order valence-electron chi connectivity index (χ2n) is 3.75. The Hall–Kier alpha value is -0.630. The van der Waals surface area contributed by atoms with Crippen molar-refractivity contribution >= 4 is 5.78 Å². The lowest BCUT2D eigenvalue weighted by atomic mass is 9.84. The lowest BCUT2D eigenvalue weighted by Gasteiger charge is -2.24. The van der Waals surface area contributed by atoms with Gasteiger partial charge in [-0.25, -0.2) is 0 Å². The second kappa shape index (κ2) is 5.18. The van der Waals surface area contributed by atoms with Crippen LogP contribution in [0.2, 0.25) is 0 Å². The van der Waals surface area contributed by atoms with E-state index in [-0.39, 0.29) is 11.7 Å². The lowest BCUT2D eigenvalue weighted by molar-refractivity contribution is -0.125. The molecule has 13 heavy (non-hydrogen) atoms. The van der Waals surface area contributed by atoms with E-state index in [1.54, 1.807) is 13.0 Å². The van der Waals surface area contributed by atoms with Crippen LogP contribution in [0.3, 0.4) is 0 Å². The van der Waals surface area contributed by atoms with Gasteiger partial charge in [0.2, 0.25) is 0 Å². The summed E-state index contributed by atoms with van der Waals surface area (Å²) in [6.07, 6.45) is 7.98. The maximum absolute atomic E-state index is 11.3. The molecule has 1 aliphatic carbocycles. The molecule has 0 aromatic heterocycles. The number of allylic oxidation sites excluding steroid dienone is 1. The van der Waals surface area contributed by atoms with Crippen molar-refractivity contribution in [2.75, 3.05) is 0 Å². The van der Waals surface area contributed by atoms with Gasteiger partial charge in [-0.15, -0.1) is 0 Å². The second-order valence-corrected chi connectivity index (χ2v) is 3.75. The summed E-state index contributed by atoms with van der Waals surface area (Å²) in [5.41, 5.74) is 0. The van der Waals surface area contributed by atoms with Crippen molar-refractivity contribution in [1.29, 1.82) is 0 Å². The SMILES string of the molecule is C/C=C/C(=O)[C@@H](O)C1CCCCC1. The molecule has 1 atom stereocenters. The molecule has 2 nitrogen and oxygen atoms in total. The van der Waals surface area contributed by atoms with Crippen molar-refractivity contribution in [2.24, 2.45) is 5.92 Å². The van der Waals surface area contributed by atoms with E-state index in [0.717, 1.165) is 25.7 Å². The molecule has 1 N–H and O–H groups in total. The molecular formula is C11H18O2. The van der Waals surface area contributed by atoms with Crippen LogP contribution in [-0.2, 0) is 4.79 Å². The molecule has 74 valence electrons. The van der Waals surface area contributed by atoms with Gasteiger partial charge in [0.25, 0.3) is 0 Å². The smallest absolute Gasteiger partial charge is 0.184 e. The predicted molar refractivity (Wildman–Crippen MR) is 52.4 cm³/mol. The normalized spacial score (nSPS) is 22.0. The molecule has 1 aliphatic rings. The van der Waals surface area contributed by atoms with Crippen molar-refractivity contribution in [2.45, 2.75) is 45.1 Å². The van der Waals surface area contributed by atoms with E-state index in [2.05, 4.69) is 0 Å². The average Bonchev–Trinajstić information content (AvgIpc) is 2.18. The van der Waals surface area contributed by atoms with Crippen molar-refractivity contribution in [3.05, 3.63) is 12.2 Å². The van der Waals surface area contributed by atoms with Gasteiger partial charge in [-0.1, -0.05) is 25.3 Å². The quantitative estimate of drug-likeness (QED) is 0.678. The van der Waals surface area contributed by atoms with Crippen molar-refractivity contribution in [3.8, 4) is 0 Å².